The van der Waals surface area contributed by atoms with Crippen LogP contribution in [0.15, 0.2) is 54.6 Å². The molecule has 2 aromatic rings. The largest absolute Gasteiger partial charge is 0.376 e. The van der Waals surface area contributed by atoms with Crippen molar-refractivity contribution in [2.24, 2.45) is 0 Å². The number of benzene rings is 2. The van der Waals surface area contributed by atoms with Crippen LogP contribution in [0.4, 0.5) is 11.4 Å². The van der Waals surface area contributed by atoms with Crippen molar-refractivity contribution < 1.29 is 4.79 Å². The minimum absolute atomic E-state index is 0.100. The topological polar surface area (TPSA) is 56.1 Å². The number of nitriles is 1. The minimum Gasteiger partial charge on any atom is -0.376 e. The second-order valence-corrected chi connectivity index (χ2v) is 4.30. The first-order chi connectivity index (χ1) is 9.72. The zero-order valence-corrected chi connectivity index (χ0v) is 11.2. The summed E-state index contributed by atoms with van der Waals surface area (Å²) < 4.78 is 0. The molecule has 0 bridgehead atoms. The number of rotatable bonds is 4. The van der Waals surface area contributed by atoms with Gasteiger partial charge in [-0.15, -0.1) is 0 Å². The standard InChI is InChI=1S/C16H15N3O/c1-19(15-10-6-5-7-13(15)11-17)16(20)12-18-14-8-3-2-4-9-14/h2-10,18H,12H2,1H3. The zero-order valence-electron chi connectivity index (χ0n) is 11.2. The molecule has 2 rings (SSSR count). The number of hydrogen-bond acceptors (Lipinski definition) is 3. The van der Waals surface area contributed by atoms with Gasteiger partial charge in [-0.3, -0.25) is 4.79 Å². The van der Waals surface area contributed by atoms with Gasteiger partial charge in [0.05, 0.1) is 17.8 Å². The highest BCUT2D eigenvalue weighted by atomic mass is 16.2. The first kappa shape index (κ1) is 13.6. The van der Waals surface area contributed by atoms with Crippen LogP contribution >= 0.6 is 0 Å². The van der Waals surface area contributed by atoms with E-state index < -0.39 is 0 Å². The van der Waals surface area contributed by atoms with E-state index >= 15 is 0 Å². The van der Waals surface area contributed by atoms with Crippen molar-refractivity contribution in [2.45, 2.75) is 0 Å². The van der Waals surface area contributed by atoms with Crippen molar-refractivity contribution >= 4 is 17.3 Å². The van der Waals surface area contributed by atoms with E-state index in [9.17, 15) is 4.79 Å². The van der Waals surface area contributed by atoms with Gasteiger partial charge in [0, 0.05) is 12.7 Å². The summed E-state index contributed by atoms with van der Waals surface area (Å²) in [7, 11) is 1.67. The van der Waals surface area contributed by atoms with E-state index in [0.717, 1.165) is 5.69 Å². The molecule has 1 N–H and O–H groups in total. The maximum absolute atomic E-state index is 12.1. The molecule has 20 heavy (non-hydrogen) atoms. The van der Waals surface area contributed by atoms with Crippen LogP contribution in [0.2, 0.25) is 0 Å². The number of anilines is 2. The Morgan fingerprint density at radius 1 is 1.15 bits per heavy atom. The molecule has 100 valence electrons. The maximum Gasteiger partial charge on any atom is 0.246 e. The Morgan fingerprint density at radius 2 is 1.80 bits per heavy atom. The van der Waals surface area contributed by atoms with Gasteiger partial charge in [-0.1, -0.05) is 30.3 Å². The molecule has 0 saturated carbocycles. The fourth-order valence-electron chi connectivity index (χ4n) is 1.85. The Bertz CT molecular complexity index is 632. The van der Waals surface area contributed by atoms with E-state index in [1.54, 1.807) is 25.2 Å². The van der Waals surface area contributed by atoms with Gasteiger partial charge in [-0.2, -0.15) is 5.26 Å². The van der Waals surface area contributed by atoms with Gasteiger partial charge in [-0.25, -0.2) is 0 Å². The fourth-order valence-corrected chi connectivity index (χ4v) is 1.85. The van der Waals surface area contributed by atoms with Gasteiger partial charge in [0.25, 0.3) is 0 Å². The SMILES string of the molecule is CN(C(=O)CNc1ccccc1)c1ccccc1C#N. The van der Waals surface area contributed by atoms with Gasteiger partial charge in [-0.05, 0) is 24.3 Å². The Hall–Kier alpha value is -2.80. The third-order valence-electron chi connectivity index (χ3n) is 2.98. The van der Waals surface area contributed by atoms with Crippen LogP contribution in [0.25, 0.3) is 0 Å². The summed E-state index contributed by atoms with van der Waals surface area (Å²) in [4.78, 5) is 13.6. The molecule has 4 nitrogen and oxygen atoms in total. The molecule has 0 heterocycles. The lowest BCUT2D eigenvalue weighted by atomic mass is 10.2. The zero-order chi connectivity index (χ0) is 14.4. The second-order valence-electron chi connectivity index (χ2n) is 4.30. The Labute approximate surface area is 118 Å². The van der Waals surface area contributed by atoms with Gasteiger partial charge < -0.3 is 10.2 Å². The highest BCUT2D eigenvalue weighted by Gasteiger charge is 2.13. The maximum atomic E-state index is 12.1. The van der Waals surface area contributed by atoms with Crippen LogP contribution in [0.3, 0.4) is 0 Å². The smallest absolute Gasteiger partial charge is 0.246 e. The van der Waals surface area contributed by atoms with E-state index in [1.807, 2.05) is 36.4 Å². The molecule has 0 aliphatic rings. The van der Waals surface area contributed by atoms with E-state index in [1.165, 1.54) is 4.90 Å². The van der Waals surface area contributed by atoms with Crippen LogP contribution in [0.1, 0.15) is 5.56 Å². The predicted octanol–water partition coefficient (Wildman–Crippen LogP) is 2.63. The average molecular weight is 265 g/mol. The lowest BCUT2D eigenvalue weighted by Crippen LogP contribution is -2.32. The molecular weight excluding hydrogens is 250 g/mol. The fraction of sp³-hybridized carbons (Fsp3) is 0.125. The average Bonchev–Trinajstić information content (AvgIpc) is 2.52. The summed E-state index contributed by atoms with van der Waals surface area (Å²) in [5.41, 5.74) is 2.00. The van der Waals surface area contributed by atoms with Gasteiger partial charge >= 0.3 is 0 Å². The molecular formula is C16H15N3O. The number of nitrogens with zero attached hydrogens (tertiary/aromatic N) is 2. The van der Waals surface area contributed by atoms with Gasteiger partial charge in [0.15, 0.2) is 0 Å². The summed E-state index contributed by atoms with van der Waals surface area (Å²) >= 11 is 0. The first-order valence-electron chi connectivity index (χ1n) is 6.27. The molecule has 0 saturated heterocycles. The number of likely N-dealkylation sites (N-methyl/N-ethyl adjacent to an activating group) is 1. The molecule has 0 unspecified atom stereocenters. The molecule has 0 spiro atoms. The lowest BCUT2D eigenvalue weighted by Gasteiger charge is -2.19. The number of hydrogen-bond donors (Lipinski definition) is 1. The second kappa shape index (κ2) is 6.39. The number of carbonyl (C=O) groups is 1. The molecule has 0 aliphatic heterocycles. The third-order valence-corrected chi connectivity index (χ3v) is 2.98. The highest BCUT2D eigenvalue weighted by Crippen LogP contribution is 2.18. The van der Waals surface area contributed by atoms with E-state index in [0.29, 0.717) is 11.3 Å². The lowest BCUT2D eigenvalue weighted by molar-refractivity contribution is -0.116. The Morgan fingerprint density at radius 3 is 2.50 bits per heavy atom. The number of nitrogens with one attached hydrogen (secondary N) is 1. The van der Waals surface area contributed by atoms with Crippen LogP contribution in [-0.4, -0.2) is 19.5 Å². The summed E-state index contributed by atoms with van der Waals surface area (Å²) in [5.74, 6) is -0.100. The minimum atomic E-state index is -0.100. The van der Waals surface area contributed by atoms with E-state index in [2.05, 4.69) is 11.4 Å². The summed E-state index contributed by atoms with van der Waals surface area (Å²) in [6, 6.07) is 18.7. The molecule has 2 aromatic carbocycles. The quantitative estimate of drug-likeness (QED) is 0.924. The van der Waals surface area contributed by atoms with Crippen molar-refractivity contribution in [3.63, 3.8) is 0 Å². The molecule has 4 heteroatoms. The van der Waals surface area contributed by atoms with E-state index in [-0.39, 0.29) is 12.5 Å². The van der Waals surface area contributed by atoms with Crippen molar-refractivity contribution in [1.29, 1.82) is 5.26 Å². The molecule has 0 radical (unpaired) electrons. The summed E-state index contributed by atoms with van der Waals surface area (Å²) in [6.45, 7) is 0.181. The van der Waals surface area contributed by atoms with Gasteiger partial charge in [0.2, 0.25) is 5.91 Å². The molecule has 0 aromatic heterocycles. The number of amides is 1. The monoisotopic (exact) mass is 265 g/mol. The first-order valence-corrected chi connectivity index (χ1v) is 6.27. The molecule has 0 atom stereocenters. The molecule has 0 fully saturated rings. The Balaban J connectivity index is 2.04. The number of carbonyl (C=O) groups excluding carboxylic acids is 1. The van der Waals surface area contributed by atoms with Crippen LogP contribution in [-0.2, 0) is 4.79 Å². The summed E-state index contributed by atoms with van der Waals surface area (Å²) in [6.07, 6.45) is 0. The molecule has 1 amide bonds. The van der Waals surface area contributed by atoms with Crippen molar-refractivity contribution in [3.05, 3.63) is 60.2 Å². The normalized spacial score (nSPS) is 9.60. The van der Waals surface area contributed by atoms with Crippen molar-refractivity contribution in [1.82, 2.24) is 0 Å². The summed E-state index contributed by atoms with van der Waals surface area (Å²) in [5, 5.41) is 12.1. The highest BCUT2D eigenvalue weighted by molar-refractivity contribution is 5.96. The van der Waals surface area contributed by atoms with Crippen molar-refractivity contribution in [3.8, 4) is 6.07 Å². The predicted molar refractivity (Wildman–Crippen MR) is 79.5 cm³/mol. The Kier molecular flexibility index (Phi) is 4.35. The number of para-hydroxylation sites is 2. The van der Waals surface area contributed by atoms with E-state index in [4.69, 9.17) is 5.26 Å². The third kappa shape index (κ3) is 3.15. The molecule has 0 aliphatic carbocycles. The van der Waals surface area contributed by atoms with Gasteiger partial charge in [0.1, 0.15) is 6.07 Å². The van der Waals surface area contributed by atoms with Crippen molar-refractivity contribution in [2.75, 3.05) is 23.8 Å². The van der Waals surface area contributed by atoms with Crippen LogP contribution in [0, 0.1) is 11.3 Å². The van der Waals surface area contributed by atoms with Crippen LogP contribution in [0.5, 0.6) is 0 Å². The van der Waals surface area contributed by atoms with Crippen LogP contribution < -0.4 is 10.2 Å².